The lowest BCUT2D eigenvalue weighted by Gasteiger charge is -2.27. The summed E-state index contributed by atoms with van der Waals surface area (Å²) in [6.07, 6.45) is -0.417. The number of carbonyl (C=O) groups is 2. The van der Waals surface area contributed by atoms with Gasteiger partial charge in [-0.2, -0.15) is 0 Å². The van der Waals surface area contributed by atoms with Crippen molar-refractivity contribution < 1.29 is 19.1 Å². The molecule has 0 saturated carbocycles. The highest BCUT2D eigenvalue weighted by Gasteiger charge is 2.29. The third-order valence-corrected chi connectivity index (χ3v) is 7.11. The van der Waals surface area contributed by atoms with E-state index in [1.807, 2.05) is 63.2 Å². The van der Waals surface area contributed by atoms with Crippen LogP contribution < -0.4 is 20.1 Å². The Morgan fingerprint density at radius 1 is 1.00 bits per heavy atom. The zero-order chi connectivity index (χ0) is 23.8. The summed E-state index contributed by atoms with van der Waals surface area (Å²) in [6.45, 7) is 6.24. The summed E-state index contributed by atoms with van der Waals surface area (Å²) in [6, 6.07) is 18.6. The summed E-state index contributed by atoms with van der Waals surface area (Å²) in [5.74, 6) is 0.205. The number of benzene rings is 3. The van der Waals surface area contributed by atoms with Gasteiger partial charge in [-0.05, 0) is 60.9 Å². The highest BCUT2D eigenvalue weighted by molar-refractivity contribution is 7.16. The lowest BCUT2D eigenvalue weighted by Crippen LogP contribution is -2.38. The van der Waals surface area contributed by atoms with Crippen LogP contribution in [0.3, 0.4) is 0 Å². The van der Waals surface area contributed by atoms with Gasteiger partial charge in [0, 0.05) is 4.88 Å². The first kappa shape index (κ1) is 22.0. The van der Waals surface area contributed by atoms with E-state index in [1.165, 1.54) is 0 Å². The second kappa shape index (κ2) is 8.83. The van der Waals surface area contributed by atoms with Crippen LogP contribution in [-0.4, -0.2) is 18.5 Å². The number of amides is 1. The molecular formula is C27H24N2O4S. The Hall–Kier alpha value is -3.84. The SMILES string of the molecule is CCOc1cc(C2NC(=O)c3c(sc(C)c3C)N2)ccc1OC(=O)c1cccc2ccccc12. The van der Waals surface area contributed by atoms with E-state index >= 15 is 0 Å². The minimum atomic E-state index is -0.455. The number of thiophene rings is 1. The summed E-state index contributed by atoms with van der Waals surface area (Å²) in [4.78, 5) is 26.9. The van der Waals surface area contributed by atoms with Gasteiger partial charge in [0.15, 0.2) is 11.5 Å². The quantitative estimate of drug-likeness (QED) is 0.276. The summed E-state index contributed by atoms with van der Waals surface area (Å²) in [7, 11) is 0. The maximum Gasteiger partial charge on any atom is 0.344 e. The molecule has 1 aliphatic heterocycles. The number of nitrogens with one attached hydrogen (secondary N) is 2. The molecule has 1 aromatic heterocycles. The van der Waals surface area contributed by atoms with E-state index in [-0.39, 0.29) is 5.91 Å². The van der Waals surface area contributed by atoms with Crippen molar-refractivity contribution in [2.45, 2.75) is 26.9 Å². The molecule has 0 fully saturated rings. The van der Waals surface area contributed by atoms with E-state index in [0.717, 1.165) is 31.8 Å². The van der Waals surface area contributed by atoms with Crippen LogP contribution in [-0.2, 0) is 0 Å². The molecule has 1 unspecified atom stereocenters. The van der Waals surface area contributed by atoms with Crippen LogP contribution in [0, 0.1) is 13.8 Å². The summed E-state index contributed by atoms with van der Waals surface area (Å²) >= 11 is 1.57. The molecule has 6 nitrogen and oxygen atoms in total. The lowest BCUT2D eigenvalue weighted by atomic mass is 10.0. The van der Waals surface area contributed by atoms with Crippen LogP contribution in [0.1, 0.15) is 49.8 Å². The van der Waals surface area contributed by atoms with Crippen molar-refractivity contribution in [2.75, 3.05) is 11.9 Å². The van der Waals surface area contributed by atoms with Gasteiger partial charge in [-0.3, -0.25) is 4.79 Å². The van der Waals surface area contributed by atoms with Crippen LogP contribution in [0.15, 0.2) is 60.7 Å². The molecule has 0 radical (unpaired) electrons. The van der Waals surface area contributed by atoms with E-state index < -0.39 is 12.1 Å². The maximum atomic E-state index is 13.0. The number of esters is 1. The molecule has 5 rings (SSSR count). The van der Waals surface area contributed by atoms with Crippen molar-refractivity contribution in [1.29, 1.82) is 0 Å². The number of ether oxygens (including phenoxy) is 2. The number of anilines is 1. The molecule has 7 heteroatoms. The van der Waals surface area contributed by atoms with Crippen molar-refractivity contribution in [1.82, 2.24) is 5.32 Å². The molecule has 4 aromatic rings. The van der Waals surface area contributed by atoms with Crippen LogP contribution in [0.5, 0.6) is 11.5 Å². The zero-order valence-electron chi connectivity index (χ0n) is 19.1. The van der Waals surface area contributed by atoms with Crippen molar-refractivity contribution >= 4 is 39.0 Å². The smallest absolute Gasteiger partial charge is 0.344 e. The molecule has 0 spiro atoms. The fourth-order valence-corrected chi connectivity index (χ4v) is 5.24. The topological polar surface area (TPSA) is 76.7 Å². The Labute approximate surface area is 201 Å². The molecule has 1 aliphatic rings. The van der Waals surface area contributed by atoms with E-state index in [2.05, 4.69) is 10.6 Å². The highest BCUT2D eigenvalue weighted by Crippen LogP contribution is 2.39. The Morgan fingerprint density at radius 3 is 2.62 bits per heavy atom. The van der Waals surface area contributed by atoms with Crippen molar-refractivity contribution in [3.05, 3.63) is 87.8 Å². The summed E-state index contributed by atoms with van der Waals surface area (Å²) in [5.41, 5.74) is 2.98. The van der Waals surface area contributed by atoms with Gasteiger partial charge in [0.2, 0.25) is 0 Å². The van der Waals surface area contributed by atoms with Gasteiger partial charge in [-0.15, -0.1) is 11.3 Å². The van der Waals surface area contributed by atoms with Crippen molar-refractivity contribution in [3.8, 4) is 11.5 Å². The number of hydrogen-bond donors (Lipinski definition) is 2. The summed E-state index contributed by atoms with van der Waals surface area (Å²) < 4.78 is 11.6. The van der Waals surface area contributed by atoms with Crippen LogP contribution in [0.2, 0.25) is 0 Å². The minimum absolute atomic E-state index is 0.106. The average molecular weight is 473 g/mol. The Kier molecular flexibility index (Phi) is 5.71. The van der Waals surface area contributed by atoms with E-state index in [1.54, 1.807) is 29.5 Å². The van der Waals surface area contributed by atoms with Gasteiger partial charge in [0.25, 0.3) is 5.91 Å². The lowest BCUT2D eigenvalue weighted by molar-refractivity contribution is 0.0730. The van der Waals surface area contributed by atoms with Gasteiger partial charge in [-0.1, -0.05) is 42.5 Å². The Balaban J connectivity index is 1.44. The van der Waals surface area contributed by atoms with Gasteiger partial charge in [0.05, 0.1) is 17.7 Å². The van der Waals surface area contributed by atoms with Crippen LogP contribution >= 0.6 is 11.3 Å². The normalized spacial score (nSPS) is 14.8. The van der Waals surface area contributed by atoms with Crippen molar-refractivity contribution in [2.24, 2.45) is 0 Å². The van der Waals surface area contributed by atoms with Gasteiger partial charge < -0.3 is 20.1 Å². The number of carbonyl (C=O) groups excluding carboxylic acids is 2. The number of fused-ring (bicyclic) bond motifs is 2. The molecule has 2 N–H and O–H groups in total. The second-order valence-electron chi connectivity index (χ2n) is 8.09. The molecule has 172 valence electrons. The molecule has 0 bridgehead atoms. The fraction of sp³-hybridized carbons (Fsp3) is 0.185. The molecule has 1 atom stereocenters. The van der Waals surface area contributed by atoms with E-state index in [9.17, 15) is 9.59 Å². The predicted molar refractivity (Wildman–Crippen MR) is 134 cm³/mol. The van der Waals surface area contributed by atoms with Gasteiger partial charge in [-0.25, -0.2) is 4.79 Å². The van der Waals surface area contributed by atoms with E-state index in [4.69, 9.17) is 9.47 Å². The van der Waals surface area contributed by atoms with Gasteiger partial charge in [0.1, 0.15) is 11.2 Å². The first-order valence-electron chi connectivity index (χ1n) is 11.1. The molecule has 34 heavy (non-hydrogen) atoms. The third kappa shape index (κ3) is 3.88. The fourth-order valence-electron chi connectivity index (χ4n) is 4.15. The van der Waals surface area contributed by atoms with Crippen LogP contribution in [0.4, 0.5) is 5.00 Å². The largest absolute Gasteiger partial charge is 0.490 e. The average Bonchev–Trinajstić information content (AvgIpc) is 3.13. The van der Waals surface area contributed by atoms with Gasteiger partial charge >= 0.3 is 5.97 Å². The highest BCUT2D eigenvalue weighted by atomic mass is 32.1. The van der Waals surface area contributed by atoms with Crippen molar-refractivity contribution in [3.63, 3.8) is 0 Å². The minimum Gasteiger partial charge on any atom is -0.490 e. The Bertz CT molecular complexity index is 1420. The molecule has 0 aliphatic carbocycles. The summed E-state index contributed by atoms with van der Waals surface area (Å²) in [5, 5.41) is 9.07. The monoisotopic (exact) mass is 472 g/mol. The maximum absolute atomic E-state index is 13.0. The first-order chi connectivity index (χ1) is 16.5. The standard InChI is InChI=1S/C27H24N2O4S/c1-4-32-22-14-18(24-28-25(30)23-15(2)16(3)34-26(23)29-24)12-13-21(22)33-27(31)20-11-7-9-17-8-5-6-10-19(17)20/h5-14,24,29H,4H2,1-3H3,(H,28,30). The molecular weight excluding hydrogens is 448 g/mol. The molecule has 1 amide bonds. The third-order valence-electron chi connectivity index (χ3n) is 5.98. The number of rotatable bonds is 5. The predicted octanol–water partition coefficient (Wildman–Crippen LogP) is 5.99. The zero-order valence-corrected chi connectivity index (χ0v) is 19.9. The first-order valence-corrected chi connectivity index (χ1v) is 11.9. The second-order valence-corrected chi connectivity index (χ2v) is 9.32. The molecule has 3 aromatic carbocycles. The van der Waals surface area contributed by atoms with E-state index in [0.29, 0.717) is 29.2 Å². The molecule has 0 saturated heterocycles. The Morgan fingerprint density at radius 2 is 1.79 bits per heavy atom. The number of aryl methyl sites for hydroxylation is 1. The number of hydrogen-bond acceptors (Lipinski definition) is 6. The molecule has 2 heterocycles. The van der Waals surface area contributed by atoms with Crippen LogP contribution in [0.25, 0.3) is 10.8 Å².